The van der Waals surface area contributed by atoms with Gasteiger partial charge in [0.1, 0.15) is 35.7 Å². The van der Waals surface area contributed by atoms with Crippen LogP contribution in [0.3, 0.4) is 0 Å². The summed E-state index contributed by atoms with van der Waals surface area (Å²) in [7, 11) is 1.37. The van der Waals surface area contributed by atoms with Gasteiger partial charge in [0.2, 0.25) is 23.6 Å². The highest BCUT2D eigenvalue weighted by Gasteiger charge is 2.36. The number of amides is 5. The zero-order chi connectivity index (χ0) is 49.3. The maximum absolute atomic E-state index is 14.5. The number of nitrogens with zero attached hydrogens (tertiary/aromatic N) is 1. The van der Waals surface area contributed by atoms with E-state index in [1.165, 1.54) is 101 Å². The van der Waals surface area contributed by atoms with Gasteiger partial charge in [0, 0.05) is 43.1 Å². The smallest absolute Gasteiger partial charge is 0.326 e. The first kappa shape index (κ1) is 52.2. The Morgan fingerprint density at radius 3 is 2.13 bits per heavy atom. The Labute approximate surface area is 399 Å². The molecular formula is C53H68N6O9. The van der Waals surface area contributed by atoms with Gasteiger partial charge in [-0.25, -0.2) is 4.79 Å². The average molecular weight is 933 g/mol. The number of phenolic OH excluding ortho intramolecular Hbond substituents is 2. The average Bonchev–Trinajstić information content (AvgIpc) is 3.31. The molecule has 15 nitrogen and oxygen atoms in total. The number of likely N-dealkylation sites (N-methyl/N-ethyl adjacent to an activating group) is 1. The van der Waals surface area contributed by atoms with Crippen molar-refractivity contribution in [2.45, 2.75) is 128 Å². The van der Waals surface area contributed by atoms with E-state index in [-0.39, 0.29) is 59.9 Å². The van der Waals surface area contributed by atoms with Crippen LogP contribution < -0.4 is 27.0 Å². The monoisotopic (exact) mass is 933 g/mol. The Morgan fingerprint density at radius 2 is 1.46 bits per heavy atom. The van der Waals surface area contributed by atoms with E-state index in [2.05, 4.69) is 52.5 Å². The van der Waals surface area contributed by atoms with Crippen LogP contribution in [0.2, 0.25) is 0 Å². The van der Waals surface area contributed by atoms with Crippen molar-refractivity contribution in [3.8, 4) is 33.8 Å². The van der Waals surface area contributed by atoms with E-state index in [0.717, 1.165) is 28.0 Å². The fourth-order valence-electron chi connectivity index (χ4n) is 8.53. The molecule has 4 atom stereocenters. The number of nitrogens with one attached hydrogen (secondary N) is 4. The summed E-state index contributed by atoms with van der Waals surface area (Å²) >= 11 is 0. The molecule has 0 fully saturated rings. The van der Waals surface area contributed by atoms with E-state index in [4.69, 9.17) is 5.73 Å². The molecule has 4 aromatic carbocycles. The number of rotatable bonds is 21. The van der Waals surface area contributed by atoms with Crippen LogP contribution in [0, 0.1) is 6.92 Å². The van der Waals surface area contributed by atoms with Gasteiger partial charge in [0.15, 0.2) is 0 Å². The van der Waals surface area contributed by atoms with E-state index in [0.29, 0.717) is 30.5 Å². The van der Waals surface area contributed by atoms with Crippen LogP contribution >= 0.6 is 0 Å². The van der Waals surface area contributed by atoms with Crippen molar-refractivity contribution in [3.05, 3.63) is 107 Å². The Bertz CT molecular complexity index is 2400. The third-order valence-corrected chi connectivity index (χ3v) is 12.5. The number of aliphatic carboxylic acids is 1. The maximum Gasteiger partial charge on any atom is 0.326 e. The SMILES string of the molecule is CCCCCCCCCc1ccc(-c2ccc(C(=O)NCCC(=O)N[C@@H](CCCCN)C(=O)N(C)[C@@H]3C(=O)N[C@@H](C)C(=O)N[C@H](C(=O)O)Cc4ccc(O)c(c4)-c4cc3ccc4O)c(C)c2)cc1. The maximum atomic E-state index is 14.5. The van der Waals surface area contributed by atoms with Crippen molar-refractivity contribution in [1.29, 1.82) is 0 Å². The molecule has 1 heterocycles. The number of phenols is 2. The van der Waals surface area contributed by atoms with Crippen molar-refractivity contribution in [3.63, 3.8) is 0 Å². The Kier molecular flexibility index (Phi) is 19.5. The summed E-state index contributed by atoms with van der Waals surface area (Å²) in [4.78, 5) is 82.0. The number of benzene rings is 4. The number of carboxylic acids is 1. The first-order valence-corrected chi connectivity index (χ1v) is 23.8. The van der Waals surface area contributed by atoms with Gasteiger partial charge < -0.3 is 47.2 Å². The zero-order valence-electron chi connectivity index (χ0n) is 39.7. The van der Waals surface area contributed by atoms with Crippen LogP contribution in [-0.2, 0) is 36.8 Å². The zero-order valence-corrected chi connectivity index (χ0v) is 39.7. The molecule has 5 amide bonds. The fraction of sp³-hybridized carbons (Fsp3) is 0.434. The molecule has 9 N–H and O–H groups in total. The van der Waals surface area contributed by atoms with Crippen LogP contribution in [0.4, 0.5) is 0 Å². The molecule has 4 aromatic rings. The van der Waals surface area contributed by atoms with Gasteiger partial charge >= 0.3 is 5.97 Å². The highest BCUT2D eigenvalue weighted by atomic mass is 16.4. The van der Waals surface area contributed by atoms with Gasteiger partial charge in [-0.1, -0.05) is 94.0 Å². The second-order valence-electron chi connectivity index (χ2n) is 17.8. The molecule has 1 aliphatic rings. The molecule has 15 heteroatoms. The van der Waals surface area contributed by atoms with Crippen molar-refractivity contribution in [2.24, 2.45) is 5.73 Å². The number of hydrogen-bond acceptors (Lipinski definition) is 9. The molecular weight excluding hydrogens is 865 g/mol. The molecule has 68 heavy (non-hydrogen) atoms. The van der Waals surface area contributed by atoms with Gasteiger partial charge in [0.05, 0.1) is 0 Å². The van der Waals surface area contributed by atoms with Crippen molar-refractivity contribution in [1.82, 2.24) is 26.2 Å². The van der Waals surface area contributed by atoms with Crippen molar-refractivity contribution in [2.75, 3.05) is 20.1 Å². The second-order valence-corrected chi connectivity index (χ2v) is 17.8. The predicted molar refractivity (Wildman–Crippen MR) is 262 cm³/mol. The molecule has 364 valence electrons. The standard InChI is InChI=1S/C53H68N6O9/c1-5-6-7-8-9-10-11-14-35-16-19-37(20-17-35)38-21-23-40(33(2)29-38)50(64)55-28-26-47(62)57-43(15-12-13-27-54)52(66)59(4)48-39-22-25-46(61)42(32-39)41-30-36(18-24-45(41)60)31-44(53(67)68)58-49(63)34(3)56-51(48)65/h16-25,29-30,32,34,43-44,48,60-61H,5-15,26-28,31,54H2,1-4H3,(H,55,64)(H,56,65)(H,57,62)(H,58,63)(H,67,68)/t34-,43-,44-,48-/m0/s1. The van der Waals surface area contributed by atoms with E-state index in [1.807, 2.05) is 19.1 Å². The minimum Gasteiger partial charge on any atom is -0.507 e. The molecule has 0 unspecified atom stereocenters. The number of nitrogens with two attached hydrogens (primary N) is 1. The van der Waals surface area contributed by atoms with Gasteiger partial charge in [0.25, 0.3) is 5.91 Å². The van der Waals surface area contributed by atoms with Gasteiger partial charge in [-0.3, -0.25) is 24.0 Å². The van der Waals surface area contributed by atoms with E-state index >= 15 is 0 Å². The third kappa shape index (κ3) is 14.4. The van der Waals surface area contributed by atoms with Gasteiger partial charge in [-0.15, -0.1) is 0 Å². The Balaban J connectivity index is 1.26. The largest absolute Gasteiger partial charge is 0.507 e. The summed E-state index contributed by atoms with van der Waals surface area (Å²) in [6.07, 6.45) is 10.8. The van der Waals surface area contributed by atoms with Crippen LogP contribution in [0.5, 0.6) is 11.5 Å². The summed E-state index contributed by atoms with van der Waals surface area (Å²) in [6.45, 7) is 5.78. The molecule has 0 spiro atoms. The van der Waals surface area contributed by atoms with Gasteiger partial charge in [-0.2, -0.15) is 0 Å². The van der Waals surface area contributed by atoms with Crippen LogP contribution in [-0.4, -0.2) is 94.0 Å². The van der Waals surface area contributed by atoms with Crippen LogP contribution in [0.1, 0.15) is 123 Å². The summed E-state index contributed by atoms with van der Waals surface area (Å²) in [6, 6.07) is 17.5. The molecule has 0 aromatic heterocycles. The van der Waals surface area contributed by atoms with Crippen LogP contribution in [0.15, 0.2) is 78.9 Å². The Morgan fingerprint density at radius 1 is 0.794 bits per heavy atom. The third-order valence-electron chi connectivity index (χ3n) is 12.5. The minimum absolute atomic E-state index is 0.0241. The first-order chi connectivity index (χ1) is 32.6. The normalized spacial score (nSPS) is 16.4. The lowest BCUT2D eigenvalue weighted by molar-refractivity contribution is -0.144. The highest BCUT2D eigenvalue weighted by Crippen LogP contribution is 2.39. The van der Waals surface area contributed by atoms with E-state index in [1.54, 1.807) is 6.07 Å². The number of hydrogen-bond donors (Lipinski definition) is 8. The van der Waals surface area contributed by atoms with Crippen molar-refractivity contribution < 1.29 is 44.1 Å². The number of fused-ring (bicyclic) bond motifs is 5. The number of unbranched alkanes of at least 4 members (excludes halogenated alkanes) is 7. The topological polar surface area (TPSA) is 240 Å². The number of aromatic hydroxyl groups is 2. The summed E-state index contributed by atoms with van der Waals surface area (Å²) in [5, 5.41) is 42.5. The number of carbonyl (C=O) groups is 6. The Hall–Kier alpha value is -6.74. The molecule has 5 rings (SSSR count). The lowest BCUT2D eigenvalue weighted by Crippen LogP contribution is -2.54. The molecule has 0 saturated heterocycles. The molecule has 0 aliphatic carbocycles. The molecule has 0 radical (unpaired) electrons. The highest BCUT2D eigenvalue weighted by molar-refractivity contribution is 5.97. The second kappa shape index (κ2) is 25.4. The van der Waals surface area contributed by atoms with E-state index in [9.17, 15) is 44.1 Å². The minimum atomic E-state index is -1.44. The van der Waals surface area contributed by atoms with Gasteiger partial charge in [-0.05, 0) is 116 Å². The molecule has 1 aliphatic heterocycles. The number of aryl methyl sites for hydroxylation is 2. The lowest BCUT2D eigenvalue weighted by atomic mass is 9.93. The predicted octanol–water partition coefficient (Wildman–Crippen LogP) is 6.60. The number of carboxylic acid groups (broad SMARTS) is 1. The number of carbonyl (C=O) groups excluding carboxylic acids is 5. The van der Waals surface area contributed by atoms with Crippen molar-refractivity contribution >= 4 is 35.5 Å². The molecule has 0 saturated carbocycles. The lowest BCUT2D eigenvalue weighted by Gasteiger charge is -2.32. The van der Waals surface area contributed by atoms with E-state index < -0.39 is 53.8 Å². The fourth-order valence-corrected chi connectivity index (χ4v) is 8.53. The molecule has 4 bridgehead atoms. The summed E-state index contributed by atoms with van der Waals surface area (Å²) in [5.74, 6) is -4.97. The summed E-state index contributed by atoms with van der Waals surface area (Å²) < 4.78 is 0. The van der Waals surface area contributed by atoms with Crippen LogP contribution in [0.25, 0.3) is 22.3 Å². The summed E-state index contributed by atoms with van der Waals surface area (Å²) in [5.41, 5.74) is 11.2. The first-order valence-electron chi connectivity index (χ1n) is 23.8. The quantitative estimate of drug-likeness (QED) is 0.0417.